The van der Waals surface area contributed by atoms with Crippen molar-refractivity contribution in [1.29, 1.82) is 0 Å². The molecule has 0 aliphatic carbocycles. The Kier molecular flexibility index (Phi) is 7.72. The summed E-state index contributed by atoms with van der Waals surface area (Å²) in [5.74, 6) is -0.307. The third kappa shape index (κ3) is 6.22. The molecular formula is C24H23Cl2FN2O. The Morgan fingerprint density at radius 3 is 2.27 bits per heavy atom. The number of benzene rings is 3. The van der Waals surface area contributed by atoms with E-state index in [2.05, 4.69) is 12.2 Å². The van der Waals surface area contributed by atoms with Crippen LogP contribution in [0.3, 0.4) is 0 Å². The van der Waals surface area contributed by atoms with Gasteiger partial charge in [0.2, 0.25) is 0 Å². The van der Waals surface area contributed by atoms with Crippen molar-refractivity contribution in [3.05, 3.63) is 99.3 Å². The van der Waals surface area contributed by atoms with Crippen LogP contribution >= 0.6 is 23.2 Å². The molecule has 0 aromatic heterocycles. The molecule has 0 spiro atoms. The monoisotopic (exact) mass is 444 g/mol. The van der Waals surface area contributed by atoms with Gasteiger partial charge < -0.3 is 10.2 Å². The van der Waals surface area contributed by atoms with Gasteiger partial charge in [-0.1, -0.05) is 60.5 Å². The highest BCUT2D eigenvalue weighted by atomic mass is 35.5. The van der Waals surface area contributed by atoms with Crippen molar-refractivity contribution in [1.82, 2.24) is 4.90 Å². The highest BCUT2D eigenvalue weighted by Crippen LogP contribution is 2.22. The van der Waals surface area contributed by atoms with Crippen LogP contribution in [0.2, 0.25) is 10.0 Å². The summed E-state index contributed by atoms with van der Waals surface area (Å²) in [7, 11) is 0. The maximum Gasteiger partial charge on any atom is 0.322 e. The van der Waals surface area contributed by atoms with Gasteiger partial charge in [-0.05, 0) is 65.9 Å². The van der Waals surface area contributed by atoms with E-state index in [9.17, 15) is 9.18 Å². The summed E-state index contributed by atoms with van der Waals surface area (Å²) in [4.78, 5) is 14.7. The molecule has 0 heterocycles. The first-order valence-corrected chi connectivity index (χ1v) is 10.5. The van der Waals surface area contributed by atoms with Gasteiger partial charge in [-0.25, -0.2) is 9.18 Å². The quantitative estimate of drug-likeness (QED) is 0.419. The van der Waals surface area contributed by atoms with Gasteiger partial charge >= 0.3 is 6.03 Å². The molecule has 3 aromatic rings. The molecule has 0 radical (unpaired) electrons. The fourth-order valence-electron chi connectivity index (χ4n) is 3.07. The smallest absolute Gasteiger partial charge is 0.320 e. The minimum atomic E-state index is -0.307. The summed E-state index contributed by atoms with van der Waals surface area (Å²) in [6, 6.07) is 19.0. The Bertz CT molecular complexity index is 991. The van der Waals surface area contributed by atoms with Crippen molar-refractivity contribution in [2.24, 2.45) is 0 Å². The van der Waals surface area contributed by atoms with Gasteiger partial charge in [0.1, 0.15) is 5.82 Å². The first-order chi connectivity index (χ1) is 14.4. The second-order valence-corrected chi connectivity index (χ2v) is 7.86. The zero-order valence-electron chi connectivity index (χ0n) is 16.7. The largest absolute Gasteiger partial charge is 0.322 e. The van der Waals surface area contributed by atoms with Crippen LogP contribution in [-0.4, -0.2) is 17.5 Å². The first kappa shape index (κ1) is 22.1. The molecule has 2 amide bonds. The molecule has 3 aromatic carbocycles. The average molecular weight is 445 g/mol. The number of aryl methyl sites for hydroxylation is 1. The van der Waals surface area contributed by atoms with Crippen LogP contribution in [0.4, 0.5) is 14.9 Å². The average Bonchev–Trinajstić information content (AvgIpc) is 2.74. The lowest BCUT2D eigenvalue weighted by Gasteiger charge is -2.24. The second kappa shape index (κ2) is 10.5. The molecule has 0 aliphatic heterocycles. The molecule has 0 aliphatic rings. The summed E-state index contributed by atoms with van der Waals surface area (Å²) in [5, 5.41) is 4.08. The SMILES string of the molecule is CCc1ccc(NC(=O)N(CCc2ccc(Cl)cc2Cl)Cc2ccc(F)cc2)cc1. The highest BCUT2D eigenvalue weighted by Gasteiger charge is 2.15. The molecule has 156 valence electrons. The second-order valence-electron chi connectivity index (χ2n) is 7.01. The number of hydrogen-bond acceptors (Lipinski definition) is 1. The van der Waals surface area contributed by atoms with Gasteiger partial charge in [0.05, 0.1) is 0 Å². The van der Waals surface area contributed by atoms with E-state index in [0.29, 0.717) is 29.6 Å². The Labute approximate surface area is 186 Å². The zero-order valence-corrected chi connectivity index (χ0v) is 18.2. The number of urea groups is 1. The third-order valence-electron chi connectivity index (χ3n) is 4.85. The van der Waals surface area contributed by atoms with E-state index in [0.717, 1.165) is 23.2 Å². The number of nitrogens with zero attached hydrogens (tertiary/aromatic N) is 1. The molecule has 0 fully saturated rings. The molecule has 3 nitrogen and oxygen atoms in total. The predicted molar refractivity (Wildman–Crippen MR) is 122 cm³/mol. The Morgan fingerprint density at radius 1 is 0.967 bits per heavy atom. The number of nitrogens with one attached hydrogen (secondary N) is 1. The fraction of sp³-hybridized carbons (Fsp3) is 0.208. The standard InChI is InChI=1S/C24H23Cl2FN2O/c1-2-17-5-11-22(12-6-17)28-24(30)29(16-18-3-9-21(27)10-4-18)14-13-19-7-8-20(25)15-23(19)26/h3-12,15H,2,13-14,16H2,1H3,(H,28,30). The summed E-state index contributed by atoms with van der Waals surface area (Å²) >= 11 is 12.3. The number of carbonyl (C=O) groups is 1. The van der Waals surface area contributed by atoms with Crippen molar-refractivity contribution in [3.8, 4) is 0 Å². The molecule has 3 rings (SSSR count). The lowest BCUT2D eigenvalue weighted by Crippen LogP contribution is -2.36. The van der Waals surface area contributed by atoms with Crippen molar-refractivity contribution in [2.75, 3.05) is 11.9 Å². The van der Waals surface area contributed by atoms with E-state index in [4.69, 9.17) is 23.2 Å². The molecule has 30 heavy (non-hydrogen) atoms. The number of rotatable bonds is 7. The van der Waals surface area contributed by atoms with Crippen LogP contribution < -0.4 is 5.32 Å². The molecular weight excluding hydrogens is 422 g/mol. The highest BCUT2D eigenvalue weighted by molar-refractivity contribution is 6.35. The molecule has 6 heteroatoms. The topological polar surface area (TPSA) is 32.3 Å². The van der Waals surface area contributed by atoms with Crippen molar-refractivity contribution < 1.29 is 9.18 Å². The predicted octanol–water partition coefficient (Wildman–Crippen LogP) is 6.97. The normalized spacial score (nSPS) is 10.7. The van der Waals surface area contributed by atoms with E-state index in [1.807, 2.05) is 30.3 Å². The van der Waals surface area contributed by atoms with Crippen molar-refractivity contribution in [2.45, 2.75) is 26.3 Å². The molecule has 0 bridgehead atoms. The number of carbonyl (C=O) groups excluding carboxylic acids is 1. The Hall–Kier alpha value is -2.56. The summed E-state index contributed by atoms with van der Waals surface area (Å²) in [5.41, 5.74) is 3.68. The lowest BCUT2D eigenvalue weighted by atomic mass is 10.1. The van der Waals surface area contributed by atoms with Crippen LogP contribution in [-0.2, 0) is 19.4 Å². The number of hydrogen-bond donors (Lipinski definition) is 1. The molecule has 0 saturated heterocycles. The maximum absolute atomic E-state index is 13.3. The van der Waals surface area contributed by atoms with Crippen LogP contribution in [0.5, 0.6) is 0 Å². The van der Waals surface area contributed by atoms with Crippen LogP contribution in [0, 0.1) is 5.82 Å². The van der Waals surface area contributed by atoms with Crippen molar-refractivity contribution in [3.63, 3.8) is 0 Å². The fourth-order valence-corrected chi connectivity index (χ4v) is 3.57. The van der Waals surface area contributed by atoms with Gasteiger partial charge in [-0.2, -0.15) is 0 Å². The Balaban J connectivity index is 1.74. The van der Waals surface area contributed by atoms with E-state index >= 15 is 0 Å². The van der Waals surface area contributed by atoms with Crippen LogP contribution in [0.25, 0.3) is 0 Å². The van der Waals surface area contributed by atoms with E-state index in [1.54, 1.807) is 29.2 Å². The van der Waals surface area contributed by atoms with Gasteiger partial charge in [-0.15, -0.1) is 0 Å². The number of halogens is 3. The molecule has 0 atom stereocenters. The van der Waals surface area contributed by atoms with Gasteiger partial charge in [-0.3, -0.25) is 0 Å². The third-order valence-corrected chi connectivity index (χ3v) is 5.44. The van der Waals surface area contributed by atoms with E-state index < -0.39 is 0 Å². The molecule has 1 N–H and O–H groups in total. The van der Waals surface area contributed by atoms with Gasteiger partial charge in [0.25, 0.3) is 0 Å². The van der Waals surface area contributed by atoms with E-state index in [1.165, 1.54) is 17.7 Å². The minimum absolute atomic E-state index is 0.228. The van der Waals surface area contributed by atoms with Gasteiger partial charge in [0, 0.05) is 28.8 Å². The van der Waals surface area contributed by atoms with Gasteiger partial charge in [0.15, 0.2) is 0 Å². The van der Waals surface area contributed by atoms with Crippen LogP contribution in [0.1, 0.15) is 23.6 Å². The Morgan fingerprint density at radius 2 is 1.63 bits per heavy atom. The van der Waals surface area contributed by atoms with Crippen LogP contribution in [0.15, 0.2) is 66.7 Å². The summed E-state index contributed by atoms with van der Waals surface area (Å²) in [6.07, 6.45) is 1.51. The molecule has 0 unspecified atom stereocenters. The summed E-state index contributed by atoms with van der Waals surface area (Å²) < 4.78 is 13.3. The lowest BCUT2D eigenvalue weighted by molar-refractivity contribution is 0.210. The number of anilines is 1. The number of amides is 2. The first-order valence-electron chi connectivity index (χ1n) is 9.78. The zero-order chi connectivity index (χ0) is 21.5. The minimum Gasteiger partial charge on any atom is -0.320 e. The summed E-state index contributed by atoms with van der Waals surface area (Å²) in [6.45, 7) is 2.88. The van der Waals surface area contributed by atoms with E-state index in [-0.39, 0.29) is 11.8 Å². The van der Waals surface area contributed by atoms with Crippen molar-refractivity contribution >= 4 is 34.9 Å². The molecule has 0 saturated carbocycles. The maximum atomic E-state index is 13.3.